The SMILES string of the molecule is C=Cc1nc(-c2ccc3cc(-c4ccc5cc(C)ccc5c4)ccc3c2)n(-c2ccccc2)c1C=C. The molecule has 0 aliphatic rings. The van der Waals surface area contributed by atoms with E-state index in [1.165, 1.54) is 38.2 Å². The van der Waals surface area contributed by atoms with Crippen molar-refractivity contribution in [3.05, 3.63) is 133 Å². The van der Waals surface area contributed by atoms with E-state index in [4.69, 9.17) is 4.98 Å². The summed E-state index contributed by atoms with van der Waals surface area (Å²) < 4.78 is 2.15. The lowest BCUT2D eigenvalue weighted by molar-refractivity contribution is 1.05. The Morgan fingerprint density at radius 1 is 0.611 bits per heavy atom. The van der Waals surface area contributed by atoms with E-state index in [1.54, 1.807) is 6.08 Å². The molecule has 2 nitrogen and oxygen atoms in total. The standard InChI is InChI=1S/C34H26N2/c1-4-32-33(5-2)36(31-9-7-6-8-10-31)34(35-32)30-18-17-28-21-27(15-16-29(28)22-30)26-14-13-24-19-23(3)11-12-25(24)20-26/h4-22H,1-2H2,3H3. The largest absolute Gasteiger partial charge is 0.292 e. The third-order valence-electron chi connectivity index (χ3n) is 6.77. The predicted molar refractivity (Wildman–Crippen MR) is 154 cm³/mol. The number of rotatable bonds is 5. The minimum atomic E-state index is 0.825. The molecule has 36 heavy (non-hydrogen) atoms. The van der Waals surface area contributed by atoms with Gasteiger partial charge in [-0.25, -0.2) is 4.98 Å². The molecule has 0 unspecified atom stereocenters. The molecular formula is C34H26N2. The van der Waals surface area contributed by atoms with Gasteiger partial charge in [-0.2, -0.15) is 0 Å². The van der Waals surface area contributed by atoms with Gasteiger partial charge in [-0.3, -0.25) is 4.57 Å². The van der Waals surface area contributed by atoms with E-state index in [-0.39, 0.29) is 0 Å². The number of imidazole rings is 1. The number of fused-ring (bicyclic) bond motifs is 2. The van der Waals surface area contributed by atoms with E-state index in [1.807, 2.05) is 24.3 Å². The number of aryl methyl sites for hydroxylation is 1. The van der Waals surface area contributed by atoms with Crippen LogP contribution in [-0.4, -0.2) is 9.55 Å². The fraction of sp³-hybridized carbons (Fsp3) is 0.0294. The molecule has 0 N–H and O–H groups in total. The summed E-state index contributed by atoms with van der Waals surface area (Å²) in [6.45, 7) is 10.1. The Bertz CT molecular complexity index is 1770. The lowest BCUT2D eigenvalue weighted by Crippen LogP contribution is -1.99. The van der Waals surface area contributed by atoms with Gasteiger partial charge in [0.05, 0.1) is 11.4 Å². The van der Waals surface area contributed by atoms with E-state index in [9.17, 15) is 0 Å². The van der Waals surface area contributed by atoms with Crippen LogP contribution in [0, 0.1) is 6.92 Å². The van der Waals surface area contributed by atoms with Gasteiger partial charge in [-0.05, 0) is 82.1 Å². The molecular weight excluding hydrogens is 436 g/mol. The van der Waals surface area contributed by atoms with Gasteiger partial charge in [0, 0.05) is 11.3 Å². The average molecular weight is 463 g/mol. The first-order valence-corrected chi connectivity index (χ1v) is 12.1. The highest BCUT2D eigenvalue weighted by molar-refractivity contribution is 5.93. The molecule has 0 saturated carbocycles. The molecule has 0 bridgehead atoms. The maximum absolute atomic E-state index is 4.93. The predicted octanol–water partition coefficient (Wildman–Crippen LogP) is 9.11. The molecule has 0 atom stereocenters. The molecule has 1 heterocycles. The molecule has 0 aliphatic heterocycles. The lowest BCUT2D eigenvalue weighted by atomic mass is 9.97. The second-order valence-electron chi connectivity index (χ2n) is 9.13. The fourth-order valence-electron chi connectivity index (χ4n) is 4.94. The van der Waals surface area contributed by atoms with Crippen molar-refractivity contribution in [3.63, 3.8) is 0 Å². The van der Waals surface area contributed by atoms with Crippen LogP contribution in [0.1, 0.15) is 17.0 Å². The highest BCUT2D eigenvalue weighted by Crippen LogP contribution is 2.32. The second-order valence-corrected chi connectivity index (χ2v) is 9.13. The quantitative estimate of drug-likeness (QED) is 0.250. The van der Waals surface area contributed by atoms with Crippen LogP contribution in [0.4, 0.5) is 0 Å². The zero-order valence-corrected chi connectivity index (χ0v) is 20.3. The number of aromatic nitrogens is 2. The third kappa shape index (κ3) is 3.73. The van der Waals surface area contributed by atoms with Crippen LogP contribution in [0.3, 0.4) is 0 Å². The summed E-state index contributed by atoms with van der Waals surface area (Å²) in [7, 11) is 0. The van der Waals surface area contributed by atoms with Crippen LogP contribution >= 0.6 is 0 Å². The highest BCUT2D eigenvalue weighted by Gasteiger charge is 2.16. The van der Waals surface area contributed by atoms with E-state index in [0.717, 1.165) is 28.5 Å². The first kappa shape index (κ1) is 21.8. The number of hydrogen-bond donors (Lipinski definition) is 0. The topological polar surface area (TPSA) is 17.8 Å². The monoisotopic (exact) mass is 462 g/mol. The fourth-order valence-corrected chi connectivity index (χ4v) is 4.94. The molecule has 2 heteroatoms. The number of nitrogens with zero attached hydrogens (tertiary/aromatic N) is 2. The minimum Gasteiger partial charge on any atom is -0.292 e. The molecule has 6 rings (SSSR count). The van der Waals surface area contributed by atoms with Crippen LogP contribution in [0.15, 0.2) is 116 Å². The molecule has 0 spiro atoms. The average Bonchev–Trinajstić information content (AvgIpc) is 3.31. The molecule has 6 aromatic rings. The molecule has 1 aromatic heterocycles. The van der Waals surface area contributed by atoms with Crippen molar-refractivity contribution in [1.29, 1.82) is 0 Å². The molecule has 0 fully saturated rings. The van der Waals surface area contributed by atoms with Gasteiger partial charge in [0.1, 0.15) is 5.82 Å². The van der Waals surface area contributed by atoms with E-state index < -0.39 is 0 Å². The Kier molecular flexibility index (Phi) is 5.35. The van der Waals surface area contributed by atoms with Gasteiger partial charge in [-0.1, -0.05) is 91.5 Å². The Morgan fingerprint density at radius 2 is 1.17 bits per heavy atom. The maximum Gasteiger partial charge on any atom is 0.145 e. The first-order chi connectivity index (χ1) is 17.6. The summed E-state index contributed by atoms with van der Waals surface area (Å²) in [5, 5.41) is 4.91. The summed E-state index contributed by atoms with van der Waals surface area (Å²) in [5.74, 6) is 0.877. The van der Waals surface area contributed by atoms with Gasteiger partial charge < -0.3 is 0 Å². The minimum absolute atomic E-state index is 0.825. The smallest absolute Gasteiger partial charge is 0.145 e. The molecule has 5 aromatic carbocycles. The van der Waals surface area contributed by atoms with Crippen LogP contribution in [0.25, 0.3) is 61.9 Å². The third-order valence-corrected chi connectivity index (χ3v) is 6.77. The van der Waals surface area contributed by atoms with E-state index in [2.05, 4.69) is 110 Å². The molecule has 0 amide bonds. The normalized spacial score (nSPS) is 11.1. The van der Waals surface area contributed by atoms with Gasteiger partial charge >= 0.3 is 0 Å². The summed E-state index contributed by atoms with van der Waals surface area (Å²) >= 11 is 0. The molecule has 0 aliphatic carbocycles. The second kappa shape index (κ2) is 8.83. The van der Waals surface area contributed by atoms with Crippen molar-refractivity contribution in [3.8, 4) is 28.2 Å². The first-order valence-electron chi connectivity index (χ1n) is 12.1. The van der Waals surface area contributed by atoms with Gasteiger partial charge in [-0.15, -0.1) is 0 Å². The Labute approximate surface area is 211 Å². The molecule has 172 valence electrons. The van der Waals surface area contributed by atoms with Crippen LogP contribution in [-0.2, 0) is 0 Å². The maximum atomic E-state index is 4.93. The van der Waals surface area contributed by atoms with E-state index >= 15 is 0 Å². The molecule has 0 saturated heterocycles. The summed E-state index contributed by atoms with van der Waals surface area (Å²) in [6, 6.07) is 36.8. The van der Waals surface area contributed by atoms with Crippen LogP contribution in [0.5, 0.6) is 0 Å². The number of benzene rings is 5. The van der Waals surface area contributed by atoms with Crippen molar-refractivity contribution in [1.82, 2.24) is 9.55 Å². The van der Waals surface area contributed by atoms with Crippen molar-refractivity contribution in [2.75, 3.05) is 0 Å². The van der Waals surface area contributed by atoms with Crippen molar-refractivity contribution >= 4 is 33.7 Å². The summed E-state index contributed by atoms with van der Waals surface area (Å²) in [4.78, 5) is 4.93. The zero-order valence-electron chi connectivity index (χ0n) is 20.3. The van der Waals surface area contributed by atoms with E-state index in [0.29, 0.717) is 0 Å². The Balaban J connectivity index is 1.45. The highest BCUT2D eigenvalue weighted by atomic mass is 15.1. The Hall–Kier alpha value is -4.69. The zero-order chi connectivity index (χ0) is 24.6. The van der Waals surface area contributed by atoms with Crippen molar-refractivity contribution in [2.45, 2.75) is 6.92 Å². The van der Waals surface area contributed by atoms with Gasteiger partial charge in [0.2, 0.25) is 0 Å². The van der Waals surface area contributed by atoms with Gasteiger partial charge in [0.15, 0.2) is 0 Å². The van der Waals surface area contributed by atoms with Crippen LogP contribution in [0.2, 0.25) is 0 Å². The lowest BCUT2D eigenvalue weighted by Gasteiger charge is -2.12. The Morgan fingerprint density at radius 3 is 1.78 bits per heavy atom. The molecule has 0 radical (unpaired) electrons. The van der Waals surface area contributed by atoms with Crippen molar-refractivity contribution < 1.29 is 0 Å². The summed E-state index contributed by atoms with van der Waals surface area (Å²) in [6.07, 6.45) is 3.64. The van der Waals surface area contributed by atoms with Crippen LogP contribution < -0.4 is 0 Å². The number of hydrogen-bond acceptors (Lipinski definition) is 1. The van der Waals surface area contributed by atoms with Crippen molar-refractivity contribution in [2.24, 2.45) is 0 Å². The van der Waals surface area contributed by atoms with Gasteiger partial charge in [0.25, 0.3) is 0 Å². The summed E-state index contributed by atoms with van der Waals surface area (Å²) in [5.41, 5.74) is 7.58. The number of para-hydroxylation sites is 1.